The number of anilines is 1. The molecule has 0 amide bonds. The van der Waals surface area contributed by atoms with Crippen molar-refractivity contribution in [2.75, 3.05) is 17.7 Å². The fourth-order valence-corrected chi connectivity index (χ4v) is 3.14. The lowest BCUT2D eigenvalue weighted by molar-refractivity contribution is 0.604. The molecule has 0 aliphatic rings. The molecule has 2 aromatic rings. The summed E-state index contributed by atoms with van der Waals surface area (Å²) in [6.45, 7) is 7.17. The first-order valence-corrected chi connectivity index (χ1v) is 8.54. The van der Waals surface area contributed by atoms with E-state index in [0.29, 0.717) is 5.82 Å². The van der Waals surface area contributed by atoms with Crippen LogP contribution in [0.2, 0.25) is 0 Å². The Labute approximate surface area is 125 Å². The molecular weight excluding hydrogens is 268 g/mol. The third kappa shape index (κ3) is 2.92. The minimum absolute atomic E-state index is 0.606. The summed E-state index contributed by atoms with van der Waals surface area (Å²) in [7, 11) is 0. The molecule has 0 saturated carbocycles. The van der Waals surface area contributed by atoms with Gasteiger partial charge in [-0.15, -0.1) is 0 Å². The summed E-state index contributed by atoms with van der Waals surface area (Å²) in [6.07, 6.45) is 5.90. The monoisotopic (exact) mass is 292 g/mol. The number of thioether (sulfide) groups is 1. The number of aryl methyl sites for hydroxylation is 3. The van der Waals surface area contributed by atoms with E-state index < -0.39 is 0 Å². The van der Waals surface area contributed by atoms with Crippen molar-refractivity contribution < 1.29 is 0 Å². The maximum absolute atomic E-state index is 6.07. The third-order valence-corrected chi connectivity index (χ3v) is 4.54. The van der Waals surface area contributed by atoms with E-state index in [9.17, 15) is 0 Å². The Morgan fingerprint density at radius 3 is 2.55 bits per heavy atom. The molecule has 0 fully saturated rings. The maximum atomic E-state index is 6.07. The number of aromatic nitrogens is 3. The van der Waals surface area contributed by atoms with E-state index in [1.54, 1.807) is 0 Å². The fraction of sp³-hybridized carbons (Fsp3) is 0.600. The molecule has 0 saturated heterocycles. The highest BCUT2D eigenvalue weighted by molar-refractivity contribution is 7.98. The predicted octanol–water partition coefficient (Wildman–Crippen LogP) is 3.47. The number of nitrogens with zero attached hydrogens (tertiary/aromatic N) is 3. The number of nitrogen functional groups attached to an aromatic ring is 1. The average Bonchev–Trinajstić information content (AvgIpc) is 2.63. The molecule has 0 unspecified atom stereocenters. The van der Waals surface area contributed by atoms with Gasteiger partial charge in [0.1, 0.15) is 17.3 Å². The molecule has 2 heterocycles. The maximum Gasteiger partial charge on any atom is 0.146 e. The molecule has 4 nitrogen and oxygen atoms in total. The van der Waals surface area contributed by atoms with Gasteiger partial charge in [0.25, 0.3) is 0 Å². The number of hydrogen-bond donors (Lipinski definition) is 1. The van der Waals surface area contributed by atoms with E-state index in [2.05, 4.69) is 34.6 Å². The average molecular weight is 292 g/mol. The standard InChI is InChI=1S/C15H24N4S/c1-10-11(2)19(8-6-5-7-9-20-4)15-13(10)14(16)17-12(3)18-15/h5-9H2,1-4H3,(H2,16,17,18). The van der Waals surface area contributed by atoms with Crippen LogP contribution in [-0.2, 0) is 6.54 Å². The summed E-state index contributed by atoms with van der Waals surface area (Å²) < 4.78 is 2.30. The van der Waals surface area contributed by atoms with Gasteiger partial charge in [-0.05, 0) is 51.2 Å². The van der Waals surface area contributed by atoms with Crippen LogP contribution >= 0.6 is 11.8 Å². The van der Waals surface area contributed by atoms with Crippen LogP contribution in [0, 0.1) is 20.8 Å². The van der Waals surface area contributed by atoms with E-state index in [1.165, 1.54) is 36.3 Å². The van der Waals surface area contributed by atoms with Crippen LogP contribution in [-0.4, -0.2) is 26.5 Å². The first kappa shape index (κ1) is 15.2. The molecule has 0 radical (unpaired) electrons. The Morgan fingerprint density at radius 2 is 1.85 bits per heavy atom. The van der Waals surface area contributed by atoms with Crippen molar-refractivity contribution in [3.8, 4) is 0 Å². The van der Waals surface area contributed by atoms with Crippen molar-refractivity contribution in [3.05, 3.63) is 17.1 Å². The topological polar surface area (TPSA) is 56.7 Å². The highest BCUT2D eigenvalue weighted by Crippen LogP contribution is 2.28. The highest BCUT2D eigenvalue weighted by Gasteiger charge is 2.15. The molecular formula is C15H24N4S. The minimum Gasteiger partial charge on any atom is -0.383 e. The Morgan fingerprint density at radius 1 is 1.10 bits per heavy atom. The van der Waals surface area contributed by atoms with Gasteiger partial charge in [0.05, 0.1) is 5.39 Å². The van der Waals surface area contributed by atoms with Crippen molar-refractivity contribution in [2.45, 2.75) is 46.6 Å². The highest BCUT2D eigenvalue weighted by atomic mass is 32.2. The lowest BCUT2D eigenvalue weighted by Gasteiger charge is -2.08. The third-order valence-electron chi connectivity index (χ3n) is 3.84. The zero-order valence-electron chi connectivity index (χ0n) is 12.9. The Kier molecular flexibility index (Phi) is 4.91. The molecule has 20 heavy (non-hydrogen) atoms. The number of unbranched alkanes of at least 4 members (excludes halogenated alkanes) is 2. The molecule has 110 valence electrons. The molecule has 0 atom stereocenters. The normalized spacial score (nSPS) is 11.4. The summed E-state index contributed by atoms with van der Waals surface area (Å²) in [5.41, 5.74) is 9.53. The van der Waals surface area contributed by atoms with Gasteiger partial charge in [0.2, 0.25) is 0 Å². The summed E-state index contributed by atoms with van der Waals surface area (Å²) in [6, 6.07) is 0. The van der Waals surface area contributed by atoms with E-state index in [4.69, 9.17) is 5.73 Å². The van der Waals surface area contributed by atoms with Crippen LogP contribution in [0.3, 0.4) is 0 Å². The first-order chi connectivity index (χ1) is 9.56. The van der Waals surface area contributed by atoms with Gasteiger partial charge in [-0.2, -0.15) is 11.8 Å². The SMILES string of the molecule is CSCCCCCn1c(C)c(C)c2c(N)nc(C)nc21. The van der Waals surface area contributed by atoms with Crippen molar-refractivity contribution in [3.63, 3.8) is 0 Å². The second-order valence-electron chi connectivity index (χ2n) is 5.27. The fourth-order valence-electron chi connectivity index (χ4n) is 2.64. The molecule has 2 aromatic heterocycles. The van der Waals surface area contributed by atoms with E-state index >= 15 is 0 Å². The van der Waals surface area contributed by atoms with Gasteiger partial charge in [-0.3, -0.25) is 0 Å². The number of hydrogen-bond acceptors (Lipinski definition) is 4. The molecule has 0 aliphatic carbocycles. The zero-order chi connectivity index (χ0) is 14.7. The molecule has 2 N–H and O–H groups in total. The lowest BCUT2D eigenvalue weighted by atomic mass is 10.2. The van der Waals surface area contributed by atoms with Crippen molar-refractivity contribution in [2.24, 2.45) is 0 Å². The Bertz CT molecular complexity index is 604. The molecule has 0 spiro atoms. The second kappa shape index (κ2) is 6.48. The number of fused-ring (bicyclic) bond motifs is 1. The largest absolute Gasteiger partial charge is 0.383 e. The van der Waals surface area contributed by atoms with Crippen molar-refractivity contribution in [1.29, 1.82) is 0 Å². The van der Waals surface area contributed by atoms with E-state index in [-0.39, 0.29) is 0 Å². The smallest absolute Gasteiger partial charge is 0.146 e. The molecule has 5 heteroatoms. The van der Waals surface area contributed by atoms with Crippen LogP contribution in [0.4, 0.5) is 5.82 Å². The van der Waals surface area contributed by atoms with Crippen molar-refractivity contribution >= 4 is 28.6 Å². The first-order valence-electron chi connectivity index (χ1n) is 7.14. The predicted molar refractivity (Wildman–Crippen MR) is 88.4 cm³/mol. The Balaban J connectivity index is 2.26. The summed E-state index contributed by atoms with van der Waals surface area (Å²) in [5.74, 6) is 2.60. The molecule has 0 bridgehead atoms. The molecule has 0 aromatic carbocycles. The van der Waals surface area contributed by atoms with E-state index in [1.807, 2.05) is 18.7 Å². The lowest BCUT2D eigenvalue weighted by Crippen LogP contribution is -2.04. The molecule has 0 aliphatic heterocycles. The number of rotatable bonds is 6. The van der Waals surface area contributed by atoms with Crippen LogP contribution in [0.15, 0.2) is 0 Å². The van der Waals surface area contributed by atoms with Gasteiger partial charge < -0.3 is 10.3 Å². The van der Waals surface area contributed by atoms with Crippen LogP contribution in [0.5, 0.6) is 0 Å². The van der Waals surface area contributed by atoms with Crippen LogP contribution < -0.4 is 5.73 Å². The Hall–Kier alpha value is -1.23. The quantitative estimate of drug-likeness (QED) is 0.828. The van der Waals surface area contributed by atoms with Crippen LogP contribution in [0.1, 0.15) is 36.3 Å². The van der Waals surface area contributed by atoms with Gasteiger partial charge in [0, 0.05) is 12.2 Å². The summed E-state index contributed by atoms with van der Waals surface area (Å²) in [4.78, 5) is 8.89. The summed E-state index contributed by atoms with van der Waals surface area (Å²) in [5, 5.41) is 1.03. The van der Waals surface area contributed by atoms with Gasteiger partial charge in [-0.25, -0.2) is 9.97 Å². The van der Waals surface area contributed by atoms with E-state index in [0.717, 1.165) is 23.4 Å². The van der Waals surface area contributed by atoms with Crippen LogP contribution in [0.25, 0.3) is 11.0 Å². The van der Waals surface area contributed by atoms with Gasteiger partial charge in [-0.1, -0.05) is 6.42 Å². The molecule has 2 rings (SSSR count). The van der Waals surface area contributed by atoms with Crippen molar-refractivity contribution in [1.82, 2.24) is 14.5 Å². The minimum atomic E-state index is 0.606. The zero-order valence-corrected chi connectivity index (χ0v) is 13.7. The van der Waals surface area contributed by atoms with Gasteiger partial charge in [0.15, 0.2) is 0 Å². The summed E-state index contributed by atoms with van der Waals surface area (Å²) >= 11 is 1.92. The van der Waals surface area contributed by atoms with Gasteiger partial charge >= 0.3 is 0 Å². The second-order valence-corrected chi connectivity index (χ2v) is 6.26. The number of nitrogens with two attached hydrogens (primary N) is 1.